The molecule has 0 aliphatic carbocycles. The van der Waals surface area contributed by atoms with Gasteiger partial charge in [0.25, 0.3) is 0 Å². The molecule has 0 spiro atoms. The number of allylic oxidation sites excluding steroid dienone is 1. The maximum absolute atomic E-state index is 13.3. The van der Waals surface area contributed by atoms with Crippen LogP contribution in [0.25, 0.3) is 0 Å². The monoisotopic (exact) mass is 424 g/mol. The lowest BCUT2D eigenvalue weighted by Gasteiger charge is -2.41. The van der Waals surface area contributed by atoms with Crippen molar-refractivity contribution in [3.8, 4) is 11.8 Å². The molecule has 0 radical (unpaired) electrons. The van der Waals surface area contributed by atoms with Gasteiger partial charge in [0.15, 0.2) is 5.41 Å². The minimum absolute atomic E-state index is 0.0977. The second-order valence-corrected chi connectivity index (χ2v) is 6.07. The summed E-state index contributed by atoms with van der Waals surface area (Å²) in [7, 11) is 0. The molecule has 0 atom stereocenters. The summed E-state index contributed by atoms with van der Waals surface area (Å²) in [4.78, 5) is 53.0. The third-order valence-electron chi connectivity index (χ3n) is 4.33. The predicted octanol–water partition coefficient (Wildman–Crippen LogP) is 2.59. The van der Waals surface area contributed by atoms with Crippen molar-refractivity contribution in [3.05, 3.63) is 12.7 Å². The van der Waals surface area contributed by atoms with Crippen LogP contribution in [0.3, 0.4) is 0 Å². The summed E-state index contributed by atoms with van der Waals surface area (Å²) in [5.74, 6) is 1.02. The zero-order valence-electron chi connectivity index (χ0n) is 18.5. The first-order valence-corrected chi connectivity index (χ1v) is 10.1. The fraction of sp³-hybridized carbons (Fsp3) is 0.636. The van der Waals surface area contributed by atoms with E-state index in [4.69, 9.17) is 18.9 Å². The zero-order valence-corrected chi connectivity index (χ0v) is 18.5. The van der Waals surface area contributed by atoms with Crippen LogP contribution >= 0.6 is 0 Å². The highest BCUT2D eigenvalue weighted by Gasteiger charge is 2.72. The Morgan fingerprint density at radius 1 is 0.700 bits per heavy atom. The molecule has 0 amide bonds. The van der Waals surface area contributed by atoms with Gasteiger partial charge < -0.3 is 18.9 Å². The van der Waals surface area contributed by atoms with Crippen LogP contribution in [-0.2, 0) is 38.1 Å². The molecule has 0 aromatic carbocycles. The van der Waals surface area contributed by atoms with Crippen LogP contribution in [0.2, 0.25) is 0 Å². The van der Waals surface area contributed by atoms with Gasteiger partial charge in [-0.05, 0) is 34.1 Å². The molecule has 8 heteroatoms. The van der Waals surface area contributed by atoms with Gasteiger partial charge in [0.05, 0.1) is 26.4 Å². The predicted molar refractivity (Wildman–Crippen MR) is 109 cm³/mol. The summed E-state index contributed by atoms with van der Waals surface area (Å²) in [6.45, 7) is 11.1. The van der Waals surface area contributed by atoms with Gasteiger partial charge in [-0.2, -0.15) is 0 Å². The Bertz CT molecular complexity index is 647. The molecule has 0 aliphatic rings. The summed E-state index contributed by atoms with van der Waals surface area (Å²) in [6.07, 6.45) is 0.753. The van der Waals surface area contributed by atoms with Gasteiger partial charge in [0.2, 0.25) is 5.41 Å². The van der Waals surface area contributed by atoms with Gasteiger partial charge in [-0.15, -0.1) is 18.4 Å². The molecular formula is C22H32O8. The van der Waals surface area contributed by atoms with Crippen LogP contribution in [-0.4, -0.2) is 50.3 Å². The highest BCUT2D eigenvalue weighted by Crippen LogP contribution is 2.49. The van der Waals surface area contributed by atoms with Crippen molar-refractivity contribution in [1.29, 1.82) is 0 Å². The summed E-state index contributed by atoms with van der Waals surface area (Å²) < 4.78 is 20.6. The van der Waals surface area contributed by atoms with E-state index >= 15 is 0 Å². The van der Waals surface area contributed by atoms with E-state index in [0.29, 0.717) is 6.42 Å². The molecule has 0 fully saturated rings. The molecule has 0 aliphatic heterocycles. The van der Waals surface area contributed by atoms with Crippen LogP contribution in [0.5, 0.6) is 0 Å². The molecule has 0 unspecified atom stereocenters. The normalized spacial score (nSPS) is 10.8. The molecule has 0 N–H and O–H groups in total. The number of carbonyl (C=O) groups excluding carboxylic acids is 4. The van der Waals surface area contributed by atoms with E-state index in [0.717, 1.165) is 0 Å². The number of hydrogen-bond acceptors (Lipinski definition) is 8. The van der Waals surface area contributed by atoms with Gasteiger partial charge >= 0.3 is 23.9 Å². The molecule has 0 rings (SSSR count). The van der Waals surface area contributed by atoms with Gasteiger partial charge in [-0.25, -0.2) is 0 Å². The SMILES string of the molecule is C=CCC(C(=O)OCC)(C(=O)OCC)C(CC#CCC)(C(=O)OCC)C(=O)OCC. The van der Waals surface area contributed by atoms with E-state index < -0.39 is 47.5 Å². The van der Waals surface area contributed by atoms with Gasteiger partial charge in [-0.1, -0.05) is 13.0 Å². The number of esters is 4. The summed E-state index contributed by atoms with van der Waals surface area (Å²) in [5, 5.41) is 0. The average Bonchev–Trinajstić information content (AvgIpc) is 2.70. The number of ether oxygens (including phenoxy) is 4. The molecule has 0 aromatic rings. The molecule has 168 valence electrons. The number of carbonyl (C=O) groups is 4. The van der Waals surface area contributed by atoms with Crippen molar-refractivity contribution in [2.24, 2.45) is 10.8 Å². The standard InChI is InChI=1S/C22H32O8/c1-7-13-14-16-22(19(25)29-11-5,20(26)30-12-6)21(15-8-2,17(23)27-9-3)18(24)28-10-4/h8H,2,7,9-12,15-16H2,1,3-6H3. The van der Waals surface area contributed by atoms with E-state index in [1.54, 1.807) is 6.92 Å². The van der Waals surface area contributed by atoms with Crippen LogP contribution < -0.4 is 0 Å². The van der Waals surface area contributed by atoms with Crippen molar-refractivity contribution in [2.75, 3.05) is 26.4 Å². The topological polar surface area (TPSA) is 105 Å². The fourth-order valence-corrected chi connectivity index (χ4v) is 3.05. The first-order valence-electron chi connectivity index (χ1n) is 10.1. The third kappa shape index (κ3) is 5.41. The van der Waals surface area contributed by atoms with E-state index in [-0.39, 0.29) is 26.4 Å². The first-order chi connectivity index (χ1) is 14.3. The first kappa shape index (κ1) is 27.2. The zero-order chi connectivity index (χ0) is 23.2. The average molecular weight is 424 g/mol. The second-order valence-electron chi connectivity index (χ2n) is 6.07. The van der Waals surface area contributed by atoms with Crippen LogP contribution in [0, 0.1) is 22.7 Å². The van der Waals surface area contributed by atoms with Crippen LogP contribution in [0.15, 0.2) is 12.7 Å². The van der Waals surface area contributed by atoms with Crippen LogP contribution in [0.1, 0.15) is 53.9 Å². The number of rotatable bonds is 12. The Morgan fingerprint density at radius 2 is 1.07 bits per heavy atom. The summed E-state index contributed by atoms with van der Waals surface area (Å²) >= 11 is 0. The Hall–Kier alpha value is -2.82. The smallest absolute Gasteiger partial charge is 0.326 e. The van der Waals surface area contributed by atoms with E-state index in [9.17, 15) is 19.2 Å². The molecule has 0 aromatic heterocycles. The van der Waals surface area contributed by atoms with Crippen molar-refractivity contribution < 1.29 is 38.1 Å². The number of hydrogen-bond donors (Lipinski definition) is 0. The maximum Gasteiger partial charge on any atom is 0.326 e. The van der Waals surface area contributed by atoms with Crippen molar-refractivity contribution >= 4 is 23.9 Å². The van der Waals surface area contributed by atoms with E-state index in [1.807, 2.05) is 0 Å². The van der Waals surface area contributed by atoms with Crippen molar-refractivity contribution in [1.82, 2.24) is 0 Å². The molecule has 0 heterocycles. The van der Waals surface area contributed by atoms with Gasteiger partial charge in [0.1, 0.15) is 0 Å². The minimum Gasteiger partial charge on any atom is -0.465 e. The summed E-state index contributed by atoms with van der Waals surface area (Å²) in [6, 6.07) is 0. The molecule has 0 bridgehead atoms. The lowest BCUT2D eigenvalue weighted by Crippen LogP contribution is -2.62. The maximum atomic E-state index is 13.3. The Labute approximate surface area is 178 Å². The van der Waals surface area contributed by atoms with Crippen molar-refractivity contribution in [3.63, 3.8) is 0 Å². The van der Waals surface area contributed by atoms with E-state index in [1.165, 1.54) is 33.8 Å². The van der Waals surface area contributed by atoms with Gasteiger partial charge in [-0.3, -0.25) is 19.2 Å². The molecule has 30 heavy (non-hydrogen) atoms. The quantitative estimate of drug-likeness (QED) is 0.155. The Balaban J connectivity index is 7.36. The highest BCUT2D eigenvalue weighted by molar-refractivity contribution is 6.15. The second kappa shape index (κ2) is 13.4. The molecule has 8 nitrogen and oxygen atoms in total. The van der Waals surface area contributed by atoms with Crippen molar-refractivity contribution in [2.45, 2.75) is 53.9 Å². The largest absolute Gasteiger partial charge is 0.465 e. The van der Waals surface area contributed by atoms with Crippen LogP contribution in [0.4, 0.5) is 0 Å². The molecule has 0 saturated heterocycles. The summed E-state index contributed by atoms with van der Waals surface area (Å²) in [5.41, 5.74) is -4.85. The molecule has 0 saturated carbocycles. The third-order valence-corrected chi connectivity index (χ3v) is 4.33. The Kier molecular flexibility index (Phi) is 12.2. The highest BCUT2D eigenvalue weighted by atomic mass is 16.6. The fourth-order valence-electron chi connectivity index (χ4n) is 3.05. The Morgan fingerprint density at radius 3 is 1.37 bits per heavy atom. The minimum atomic E-state index is -2.44. The van der Waals surface area contributed by atoms with E-state index in [2.05, 4.69) is 18.4 Å². The molecular weight excluding hydrogens is 392 g/mol. The lowest BCUT2D eigenvalue weighted by atomic mass is 9.59. The van der Waals surface area contributed by atoms with Gasteiger partial charge in [0, 0.05) is 12.8 Å². The lowest BCUT2D eigenvalue weighted by molar-refractivity contribution is -0.203.